The monoisotopic (exact) mass is 609 g/mol. The minimum Gasteiger partial charge on any atom is -0.497 e. The third-order valence-corrected chi connectivity index (χ3v) is 8.84. The molecule has 1 N–H and O–H groups in total. The molecule has 0 aliphatic heterocycles. The second-order valence-electron chi connectivity index (χ2n) is 10.2. The zero-order valence-electron chi connectivity index (χ0n) is 25.7. The summed E-state index contributed by atoms with van der Waals surface area (Å²) in [6, 6.07) is 19.5. The Hall–Kier alpha value is -4.05. The van der Waals surface area contributed by atoms with Crippen molar-refractivity contribution in [2.75, 3.05) is 31.1 Å². The minimum atomic E-state index is -4.17. The van der Waals surface area contributed by atoms with Gasteiger partial charge in [0.15, 0.2) is 0 Å². The second-order valence-corrected chi connectivity index (χ2v) is 12.1. The van der Waals surface area contributed by atoms with Gasteiger partial charge < -0.3 is 19.7 Å². The highest BCUT2D eigenvalue weighted by atomic mass is 32.2. The molecular formula is C33H43N3O6S. The van der Waals surface area contributed by atoms with Crippen molar-refractivity contribution in [3.63, 3.8) is 0 Å². The van der Waals surface area contributed by atoms with Crippen LogP contribution in [0.15, 0.2) is 77.7 Å². The number of sulfonamides is 1. The third-order valence-electron chi connectivity index (χ3n) is 7.05. The molecule has 0 radical (unpaired) electrons. The molecule has 1 atom stereocenters. The van der Waals surface area contributed by atoms with Crippen LogP contribution in [0.3, 0.4) is 0 Å². The van der Waals surface area contributed by atoms with Crippen LogP contribution in [0.25, 0.3) is 0 Å². The summed E-state index contributed by atoms with van der Waals surface area (Å²) >= 11 is 0. The Morgan fingerprint density at radius 2 is 1.51 bits per heavy atom. The first-order chi connectivity index (χ1) is 20.6. The van der Waals surface area contributed by atoms with Gasteiger partial charge >= 0.3 is 0 Å². The molecule has 0 fully saturated rings. The van der Waals surface area contributed by atoms with Crippen LogP contribution in [0, 0.1) is 6.92 Å². The summed E-state index contributed by atoms with van der Waals surface area (Å²) in [6.07, 6.45) is 2.09. The number of rotatable bonds is 16. The van der Waals surface area contributed by atoms with Crippen LogP contribution in [0.4, 0.5) is 5.69 Å². The molecule has 0 spiro atoms. The van der Waals surface area contributed by atoms with Crippen molar-refractivity contribution < 1.29 is 27.5 Å². The van der Waals surface area contributed by atoms with Crippen LogP contribution >= 0.6 is 0 Å². The number of aryl methyl sites for hydroxylation is 1. The normalized spacial score (nSPS) is 11.8. The van der Waals surface area contributed by atoms with Gasteiger partial charge in [-0.3, -0.25) is 13.9 Å². The second kappa shape index (κ2) is 16.0. The van der Waals surface area contributed by atoms with Crippen molar-refractivity contribution in [2.45, 2.75) is 64.4 Å². The third kappa shape index (κ3) is 8.97. The lowest BCUT2D eigenvalue weighted by atomic mass is 10.1. The van der Waals surface area contributed by atoms with E-state index in [0.29, 0.717) is 36.8 Å². The summed E-state index contributed by atoms with van der Waals surface area (Å²) in [5.74, 6) is 0.445. The van der Waals surface area contributed by atoms with Gasteiger partial charge in [0.25, 0.3) is 10.0 Å². The van der Waals surface area contributed by atoms with Gasteiger partial charge in [-0.25, -0.2) is 8.42 Å². The number of carbonyl (C=O) groups is 2. The predicted octanol–water partition coefficient (Wildman–Crippen LogP) is 5.32. The average Bonchev–Trinajstić information content (AvgIpc) is 3.01. The number of nitrogens with zero attached hydrogens (tertiary/aromatic N) is 2. The summed E-state index contributed by atoms with van der Waals surface area (Å²) in [4.78, 5) is 29.0. The number of anilines is 1. The van der Waals surface area contributed by atoms with E-state index in [-0.39, 0.29) is 17.3 Å². The fourth-order valence-electron chi connectivity index (χ4n) is 4.59. The summed E-state index contributed by atoms with van der Waals surface area (Å²) in [5.41, 5.74) is 2.08. The lowest BCUT2D eigenvalue weighted by Gasteiger charge is -2.33. The van der Waals surface area contributed by atoms with Crippen molar-refractivity contribution in [3.05, 3.63) is 83.9 Å². The van der Waals surface area contributed by atoms with E-state index in [2.05, 4.69) is 5.32 Å². The molecule has 0 aliphatic rings. The van der Waals surface area contributed by atoms with Crippen LogP contribution in [-0.2, 0) is 26.2 Å². The molecule has 3 aromatic carbocycles. The summed E-state index contributed by atoms with van der Waals surface area (Å²) < 4.78 is 39.9. The van der Waals surface area contributed by atoms with E-state index < -0.39 is 28.5 Å². The Labute approximate surface area is 255 Å². The van der Waals surface area contributed by atoms with Gasteiger partial charge in [0.05, 0.1) is 24.3 Å². The van der Waals surface area contributed by atoms with Crippen LogP contribution in [0.5, 0.6) is 11.5 Å². The summed E-state index contributed by atoms with van der Waals surface area (Å²) in [7, 11) is -2.59. The lowest BCUT2D eigenvalue weighted by Crippen LogP contribution is -2.52. The summed E-state index contributed by atoms with van der Waals surface area (Å²) in [6.45, 7) is 8.20. The molecule has 1 unspecified atom stereocenters. The zero-order valence-corrected chi connectivity index (χ0v) is 26.5. The molecule has 10 heteroatoms. The first-order valence-corrected chi connectivity index (χ1v) is 16.1. The number of ether oxygens (including phenoxy) is 2. The molecule has 0 aromatic heterocycles. The number of hydrogen-bond donors (Lipinski definition) is 1. The van der Waals surface area contributed by atoms with Gasteiger partial charge in [0.2, 0.25) is 11.8 Å². The van der Waals surface area contributed by atoms with E-state index in [9.17, 15) is 18.0 Å². The van der Waals surface area contributed by atoms with Crippen LogP contribution < -0.4 is 19.1 Å². The van der Waals surface area contributed by atoms with Gasteiger partial charge in [0.1, 0.15) is 24.1 Å². The maximum absolute atomic E-state index is 14.2. The van der Waals surface area contributed by atoms with E-state index in [1.807, 2.05) is 39.8 Å². The van der Waals surface area contributed by atoms with Crippen LogP contribution in [0.1, 0.15) is 51.2 Å². The zero-order chi connectivity index (χ0) is 31.4. The number of hydrogen-bond acceptors (Lipinski definition) is 6. The van der Waals surface area contributed by atoms with Crippen LogP contribution in [-0.4, -0.2) is 58.0 Å². The molecule has 3 aromatic rings. The fraction of sp³-hybridized carbons (Fsp3) is 0.394. The lowest BCUT2D eigenvalue weighted by molar-refractivity contribution is -0.140. The Morgan fingerprint density at radius 3 is 2.07 bits per heavy atom. The van der Waals surface area contributed by atoms with E-state index >= 15 is 0 Å². The Bertz CT molecular complexity index is 1420. The molecular weight excluding hydrogens is 566 g/mol. The molecule has 0 saturated heterocycles. The first-order valence-electron chi connectivity index (χ1n) is 14.7. The molecule has 0 saturated carbocycles. The molecule has 232 valence electrons. The Kier molecular flexibility index (Phi) is 12.4. The van der Waals surface area contributed by atoms with E-state index in [1.165, 1.54) is 17.0 Å². The number of amides is 2. The molecule has 9 nitrogen and oxygen atoms in total. The van der Waals surface area contributed by atoms with Gasteiger partial charge in [0, 0.05) is 13.1 Å². The number of unbranched alkanes of at least 4 members (excludes halogenated alkanes) is 1. The SMILES string of the molecule is CCCCNC(=O)C(CC)N(Cc1ccc(OC)cc1)C(=O)CN(c1ccc(C)cc1)S(=O)(=O)c1ccc(OCC)cc1. The number of nitrogens with one attached hydrogen (secondary N) is 1. The number of carbonyl (C=O) groups excluding carboxylic acids is 2. The van der Waals surface area contributed by atoms with Crippen molar-refractivity contribution in [3.8, 4) is 11.5 Å². The van der Waals surface area contributed by atoms with Crippen molar-refractivity contribution in [2.24, 2.45) is 0 Å². The predicted molar refractivity (Wildman–Crippen MR) is 169 cm³/mol. The smallest absolute Gasteiger partial charge is 0.264 e. The fourth-order valence-corrected chi connectivity index (χ4v) is 6.01. The van der Waals surface area contributed by atoms with E-state index in [1.54, 1.807) is 55.6 Å². The molecule has 0 heterocycles. The van der Waals surface area contributed by atoms with Gasteiger partial charge in [-0.05, 0) is 80.8 Å². The van der Waals surface area contributed by atoms with Gasteiger partial charge in [-0.2, -0.15) is 0 Å². The van der Waals surface area contributed by atoms with Gasteiger partial charge in [-0.15, -0.1) is 0 Å². The molecule has 0 bridgehead atoms. The Balaban J connectivity index is 2.02. The average molecular weight is 610 g/mol. The van der Waals surface area contributed by atoms with E-state index in [0.717, 1.165) is 28.3 Å². The molecule has 43 heavy (non-hydrogen) atoms. The number of methoxy groups -OCH3 is 1. The standard InChI is InChI=1S/C33H43N3O6S/c1-6-9-22-34-33(38)31(7-2)35(23-26-12-16-28(41-5)17-13-26)32(37)24-36(27-14-10-25(4)11-15-27)43(39,40)30-20-18-29(19-21-30)42-8-3/h10-21,31H,6-9,22-24H2,1-5H3,(H,34,38). The summed E-state index contributed by atoms with van der Waals surface area (Å²) in [5, 5.41) is 2.94. The largest absolute Gasteiger partial charge is 0.497 e. The maximum Gasteiger partial charge on any atom is 0.264 e. The molecule has 0 aliphatic carbocycles. The maximum atomic E-state index is 14.2. The van der Waals surface area contributed by atoms with Crippen LogP contribution in [0.2, 0.25) is 0 Å². The first kappa shape index (κ1) is 33.5. The van der Waals surface area contributed by atoms with E-state index in [4.69, 9.17) is 9.47 Å². The highest BCUT2D eigenvalue weighted by Crippen LogP contribution is 2.27. The quantitative estimate of drug-likeness (QED) is 0.221. The Morgan fingerprint density at radius 1 is 0.884 bits per heavy atom. The molecule has 3 rings (SSSR count). The van der Waals surface area contributed by atoms with Crippen molar-refractivity contribution in [1.29, 1.82) is 0 Å². The van der Waals surface area contributed by atoms with Crippen molar-refractivity contribution >= 4 is 27.5 Å². The highest BCUT2D eigenvalue weighted by molar-refractivity contribution is 7.92. The van der Waals surface area contributed by atoms with Gasteiger partial charge in [-0.1, -0.05) is 50.1 Å². The van der Waals surface area contributed by atoms with Crippen molar-refractivity contribution in [1.82, 2.24) is 10.2 Å². The minimum absolute atomic E-state index is 0.0235. The number of benzene rings is 3. The highest BCUT2D eigenvalue weighted by Gasteiger charge is 2.33. The molecule has 2 amide bonds. The topological polar surface area (TPSA) is 105 Å².